The molecule has 3 amide bonds. The number of carbonyl (C=O) groups is 3. The Morgan fingerprint density at radius 2 is 1.86 bits per heavy atom. The summed E-state index contributed by atoms with van der Waals surface area (Å²) in [7, 11) is 0. The number of amides is 3. The summed E-state index contributed by atoms with van der Waals surface area (Å²) in [6.07, 6.45) is 2.32. The van der Waals surface area contributed by atoms with Gasteiger partial charge in [-0.15, -0.1) is 0 Å². The van der Waals surface area contributed by atoms with Crippen LogP contribution in [0.3, 0.4) is 0 Å². The van der Waals surface area contributed by atoms with E-state index in [0.717, 1.165) is 19.3 Å². The van der Waals surface area contributed by atoms with Gasteiger partial charge in [-0.3, -0.25) is 9.59 Å². The molecule has 0 spiro atoms. The number of hydrogen-bond donors (Lipinski definition) is 3. The van der Waals surface area contributed by atoms with Crippen LogP contribution in [0, 0.1) is 17.3 Å². The highest BCUT2D eigenvalue weighted by Gasteiger charge is 2.41. The average molecular weight is 398 g/mol. The minimum Gasteiger partial charge on any atom is -0.444 e. The van der Waals surface area contributed by atoms with Gasteiger partial charge in [0.1, 0.15) is 12.1 Å². The molecule has 0 aromatic heterocycles. The van der Waals surface area contributed by atoms with E-state index in [4.69, 9.17) is 4.74 Å². The standard InChI is InChI=1S/C21H39N3O4/c1-8-9-10-22-18(25)17(14(4)5)24-19(26)21(6,7)12-16-15(11-13(2)3)23-20(27)28-16/h13-17H,8-12H2,1-7H3,(H,22,25)(H,23,27)(H,24,26)/t15-,16-,17?/m0/s1. The second-order valence-corrected chi connectivity index (χ2v) is 9.25. The fourth-order valence-corrected chi connectivity index (χ4v) is 3.37. The Bertz CT molecular complexity index is 546. The molecule has 7 nitrogen and oxygen atoms in total. The molecule has 0 saturated carbocycles. The zero-order chi connectivity index (χ0) is 21.5. The second kappa shape index (κ2) is 10.7. The zero-order valence-corrected chi connectivity index (χ0v) is 18.6. The molecule has 7 heteroatoms. The van der Waals surface area contributed by atoms with E-state index in [2.05, 4.69) is 36.7 Å². The van der Waals surface area contributed by atoms with Gasteiger partial charge >= 0.3 is 6.09 Å². The second-order valence-electron chi connectivity index (χ2n) is 9.25. The molecule has 1 saturated heterocycles. The fraction of sp³-hybridized carbons (Fsp3) is 0.857. The number of cyclic esters (lactones) is 1. The van der Waals surface area contributed by atoms with Crippen molar-refractivity contribution in [2.24, 2.45) is 17.3 Å². The van der Waals surface area contributed by atoms with E-state index >= 15 is 0 Å². The number of ether oxygens (including phenoxy) is 1. The van der Waals surface area contributed by atoms with Crippen molar-refractivity contribution in [3.05, 3.63) is 0 Å². The third kappa shape index (κ3) is 7.32. The van der Waals surface area contributed by atoms with Crippen LogP contribution in [0.1, 0.15) is 74.1 Å². The van der Waals surface area contributed by atoms with E-state index in [1.807, 2.05) is 27.7 Å². The molecule has 0 bridgehead atoms. The number of carbonyl (C=O) groups excluding carboxylic acids is 3. The van der Waals surface area contributed by atoms with Gasteiger partial charge in [-0.1, -0.05) is 54.9 Å². The van der Waals surface area contributed by atoms with Gasteiger partial charge in [0.15, 0.2) is 0 Å². The number of rotatable bonds is 11. The molecule has 0 aromatic rings. The average Bonchev–Trinajstić information content (AvgIpc) is 2.89. The zero-order valence-electron chi connectivity index (χ0n) is 18.6. The normalized spacial score (nSPS) is 20.7. The highest BCUT2D eigenvalue weighted by molar-refractivity contribution is 5.90. The summed E-state index contributed by atoms with van der Waals surface area (Å²) in [6.45, 7) is 14.3. The molecule has 1 aliphatic rings. The molecule has 28 heavy (non-hydrogen) atoms. The molecule has 0 aromatic carbocycles. The van der Waals surface area contributed by atoms with E-state index in [0.29, 0.717) is 18.9 Å². The molecule has 1 unspecified atom stereocenters. The lowest BCUT2D eigenvalue weighted by Gasteiger charge is -2.31. The summed E-state index contributed by atoms with van der Waals surface area (Å²) in [6, 6.07) is -0.683. The largest absolute Gasteiger partial charge is 0.444 e. The first-order chi connectivity index (χ1) is 13.0. The van der Waals surface area contributed by atoms with Crippen molar-refractivity contribution < 1.29 is 19.1 Å². The van der Waals surface area contributed by atoms with Crippen LogP contribution in [0.25, 0.3) is 0 Å². The minimum atomic E-state index is -0.775. The van der Waals surface area contributed by atoms with Crippen molar-refractivity contribution in [2.75, 3.05) is 6.54 Å². The molecule has 162 valence electrons. The third-order valence-corrected chi connectivity index (χ3v) is 5.13. The molecular formula is C21H39N3O4. The summed E-state index contributed by atoms with van der Waals surface area (Å²) < 4.78 is 5.42. The van der Waals surface area contributed by atoms with Crippen molar-refractivity contribution in [1.29, 1.82) is 0 Å². The Morgan fingerprint density at radius 1 is 1.21 bits per heavy atom. The first-order valence-corrected chi connectivity index (χ1v) is 10.5. The van der Waals surface area contributed by atoms with E-state index in [9.17, 15) is 14.4 Å². The Hall–Kier alpha value is -1.79. The molecule has 0 aliphatic carbocycles. The number of unbranched alkanes of at least 4 members (excludes halogenated alkanes) is 1. The topological polar surface area (TPSA) is 96.5 Å². The van der Waals surface area contributed by atoms with Crippen LogP contribution in [0.2, 0.25) is 0 Å². The predicted octanol–water partition coefficient (Wildman–Crippen LogP) is 2.98. The Morgan fingerprint density at radius 3 is 2.39 bits per heavy atom. The maximum Gasteiger partial charge on any atom is 0.407 e. The van der Waals surface area contributed by atoms with Crippen LogP contribution < -0.4 is 16.0 Å². The minimum absolute atomic E-state index is 0.0268. The number of nitrogens with one attached hydrogen (secondary N) is 3. The van der Waals surface area contributed by atoms with Crippen molar-refractivity contribution in [2.45, 2.75) is 92.3 Å². The van der Waals surface area contributed by atoms with E-state index < -0.39 is 17.6 Å². The quantitative estimate of drug-likeness (QED) is 0.467. The van der Waals surface area contributed by atoms with E-state index in [-0.39, 0.29) is 29.9 Å². The van der Waals surface area contributed by atoms with Crippen LogP contribution in [-0.4, -0.2) is 42.6 Å². The first kappa shape index (κ1) is 24.2. The molecular weight excluding hydrogens is 358 g/mol. The lowest BCUT2D eigenvalue weighted by molar-refractivity contribution is -0.136. The van der Waals surface area contributed by atoms with Gasteiger partial charge in [0.25, 0.3) is 0 Å². The molecule has 0 radical (unpaired) electrons. The monoisotopic (exact) mass is 397 g/mol. The van der Waals surface area contributed by atoms with Crippen LogP contribution in [0.5, 0.6) is 0 Å². The number of alkyl carbamates (subject to hydrolysis) is 1. The molecule has 1 heterocycles. The van der Waals surface area contributed by atoms with Gasteiger partial charge in [0.05, 0.1) is 6.04 Å². The summed E-state index contributed by atoms with van der Waals surface area (Å²) in [4.78, 5) is 37.1. The van der Waals surface area contributed by atoms with Crippen molar-refractivity contribution in [3.63, 3.8) is 0 Å². The Kier molecular flexibility index (Phi) is 9.24. The van der Waals surface area contributed by atoms with Crippen molar-refractivity contribution >= 4 is 17.9 Å². The SMILES string of the molecule is CCCCNC(=O)C(NC(=O)C(C)(C)C[C@@H]1OC(=O)N[C@H]1CC(C)C)C(C)C. The lowest BCUT2D eigenvalue weighted by atomic mass is 9.82. The van der Waals surface area contributed by atoms with Crippen LogP contribution >= 0.6 is 0 Å². The van der Waals surface area contributed by atoms with Crippen molar-refractivity contribution in [3.8, 4) is 0 Å². The highest BCUT2D eigenvalue weighted by atomic mass is 16.6. The molecule has 1 rings (SSSR count). The smallest absolute Gasteiger partial charge is 0.407 e. The highest BCUT2D eigenvalue weighted by Crippen LogP contribution is 2.30. The summed E-state index contributed by atoms with van der Waals surface area (Å²) in [5, 5.41) is 8.65. The molecule has 3 atom stereocenters. The van der Waals surface area contributed by atoms with Gasteiger partial charge in [0.2, 0.25) is 11.8 Å². The Balaban J connectivity index is 2.75. The van der Waals surface area contributed by atoms with Gasteiger partial charge < -0.3 is 20.7 Å². The van der Waals surface area contributed by atoms with Crippen molar-refractivity contribution in [1.82, 2.24) is 16.0 Å². The maximum atomic E-state index is 13.0. The fourth-order valence-electron chi connectivity index (χ4n) is 3.37. The van der Waals surface area contributed by atoms with Crippen LogP contribution in [0.15, 0.2) is 0 Å². The summed E-state index contributed by atoms with van der Waals surface area (Å²) in [5.74, 6) is 0.0203. The number of hydrogen-bond acceptors (Lipinski definition) is 4. The van der Waals surface area contributed by atoms with E-state index in [1.165, 1.54) is 0 Å². The van der Waals surface area contributed by atoms with Gasteiger partial charge in [-0.2, -0.15) is 0 Å². The third-order valence-electron chi connectivity index (χ3n) is 5.13. The molecule has 3 N–H and O–H groups in total. The Labute approximate surface area is 169 Å². The van der Waals surface area contributed by atoms with E-state index in [1.54, 1.807) is 0 Å². The predicted molar refractivity (Wildman–Crippen MR) is 110 cm³/mol. The summed E-state index contributed by atoms with van der Waals surface area (Å²) >= 11 is 0. The van der Waals surface area contributed by atoms with Crippen LogP contribution in [-0.2, 0) is 14.3 Å². The van der Waals surface area contributed by atoms with Gasteiger partial charge in [-0.05, 0) is 24.7 Å². The van der Waals surface area contributed by atoms with Gasteiger partial charge in [-0.25, -0.2) is 4.79 Å². The molecule has 1 aliphatic heterocycles. The summed E-state index contributed by atoms with van der Waals surface area (Å²) in [5.41, 5.74) is -0.775. The maximum absolute atomic E-state index is 13.0. The van der Waals surface area contributed by atoms with Crippen LogP contribution in [0.4, 0.5) is 4.79 Å². The first-order valence-electron chi connectivity index (χ1n) is 10.5. The lowest BCUT2D eigenvalue weighted by Crippen LogP contribution is -2.53. The van der Waals surface area contributed by atoms with Gasteiger partial charge in [0, 0.05) is 18.4 Å². The molecule has 1 fully saturated rings.